The summed E-state index contributed by atoms with van der Waals surface area (Å²) in [7, 11) is 1.54. The lowest BCUT2D eigenvalue weighted by Gasteiger charge is -2.17. The van der Waals surface area contributed by atoms with Gasteiger partial charge in [0.2, 0.25) is 5.88 Å². The highest BCUT2D eigenvalue weighted by Gasteiger charge is 2.20. The Morgan fingerprint density at radius 2 is 2.11 bits per heavy atom. The fourth-order valence-electron chi connectivity index (χ4n) is 1.72. The van der Waals surface area contributed by atoms with Crippen LogP contribution in [0.2, 0.25) is 5.02 Å². The van der Waals surface area contributed by atoms with Gasteiger partial charge in [-0.15, -0.1) is 0 Å². The average molecular weight is 391 g/mol. The number of ether oxygens (including phenoxy) is 1. The molecule has 1 aromatic heterocycles. The third kappa shape index (κ3) is 3.14. The Bertz CT molecular complexity index is 581. The van der Waals surface area contributed by atoms with Gasteiger partial charge in [0.15, 0.2) is 0 Å². The van der Waals surface area contributed by atoms with Crippen LogP contribution in [0, 0.1) is 3.57 Å². The zero-order chi connectivity index (χ0) is 13.8. The number of hydrogen-bond acceptors (Lipinski definition) is 5. The molecule has 0 saturated carbocycles. The highest BCUT2D eigenvalue weighted by atomic mass is 127. The maximum absolute atomic E-state index is 6.13. The first-order valence-electron chi connectivity index (χ1n) is 5.43. The Hall–Kier alpha value is -0.960. The number of nitrogens with zero attached hydrogens (tertiary/aromatic N) is 2. The van der Waals surface area contributed by atoms with Crippen LogP contribution < -0.4 is 16.0 Å². The molecule has 1 unspecified atom stereocenters. The molecule has 0 aliphatic rings. The summed E-state index contributed by atoms with van der Waals surface area (Å²) in [6.45, 7) is 0. The topological polar surface area (TPSA) is 73.1 Å². The fourth-order valence-corrected chi connectivity index (χ4v) is 2.24. The number of halogens is 2. The number of nitrogens with two attached hydrogens (primary N) is 1. The van der Waals surface area contributed by atoms with E-state index in [2.05, 4.69) is 38.0 Å². The molecule has 0 spiro atoms. The predicted molar refractivity (Wildman–Crippen MR) is 81.9 cm³/mol. The maximum atomic E-state index is 6.13. The second-order valence-corrected chi connectivity index (χ2v) is 5.29. The molecule has 5 nitrogen and oxygen atoms in total. The molecule has 0 aliphatic carbocycles. The van der Waals surface area contributed by atoms with Crippen molar-refractivity contribution in [3.63, 3.8) is 0 Å². The summed E-state index contributed by atoms with van der Waals surface area (Å²) in [5, 5.41) is 0.668. The van der Waals surface area contributed by atoms with Crippen molar-refractivity contribution in [2.45, 2.75) is 6.04 Å². The number of hydrogen-bond donors (Lipinski definition) is 2. The highest BCUT2D eigenvalue weighted by molar-refractivity contribution is 14.1. The lowest BCUT2D eigenvalue weighted by atomic mass is 10.0. The molecule has 0 saturated heterocycles. The summed E-state index contributed by atoms with van der Waals surface area (Å²) in [4.78, 5) is 8.39. The summed E-state index contributed by atoms with van der Waals surface area (Å²) in [5.41, 5.74) is 4.22. The summed E-state index contributed by atoms with van der Waals surface area (Å²) >= 11 is 8.30. The molecule has 100 valence electrons. The SMILES string of the molecule is COc1nccnc1C(NN)c1ccc(I)c(Cl)c1. The standard InChI is InChI=1S/C12H12ClIN4O/c1-19-12-11(16-4-5-17-12)10(18-15)7-2-3-9(14)8(13)6-7/h2-6,10,18H,15H2,1H3. The minimum atomic E-state index is -0.335. The second kappa shape index (κ2) is 6.47. The summed E-state index contributed by atoms with van der Waals surface area (Å²) in [6, 6.07) is 5.37. The normalized spacial score (nSPS) is 12.2. The van der Waals surface area contributed by atoms with Gasteiger partial charge in [0.1, 0.15) is 5.69 Å². The number of benzene rings is 1. The van der Waals surface area contributed by atoms with Crippen molar-refractivity contribution >= 4 is 34.2 Å². The van der Waals surface area contributed by atoms with E-state index in [0.29, 0.717) is 16.6 Å². The summed E-state index contributed by atoms with van der Waals surface area (Å²) in [6.07, 6.45) is 3.16. The minimum Gasteiger partial charge on any atom is -0.480 e. The van der Waals surface area contributed by atoms with Gasteiger partial charge in [-0.1, -0.05) is 17.7 Å². The van der Waals surface area contributed by atoms with E-state index in [0.717, 1.165) is 9.13 Å². The van der Waals surface area contributed by atoms with Crippen molar-refractivity contribution in [1.29, 1.82) is 0 Å². The van der Waals surface area contributed by atoms with Crippen LogP contribution in [-0.2, 0) is 0 Å². The van der Waals surface area contributed by atoms with Gasteiger partial charge in [-0.25, -0.2) is 10.4 Å². The molecular formula is C12H12ClIN4O. The molecule has 0 amide bonds. The molecule has 1 atom stereocenters. The predicted octanol–water partition coefficient (Wildman–Crippen LogP) is 2.30. The molecule has 0 radical (unpaired) electrons. The third-order valence-electron chi connectivity index (χ3n) is 2.60. The van der Waals surface area contributed by atoms with E-state index >= 15 is 0 Å². The Balaban J connectivity index is 2.46. The minimum absolute atomic E-state index is 0.335. The van der Waals surface area contributed by atoms with Crippen LogP contribution >= 0.6 is 34.2 Å². The number of rotatable bonds is 4. The second-order valence-electron chi connectivity index (χ2n) is 3.72. The first-order chi connectivity index (χ1) is 9.17. The van der Waals surface area contributed by atoms with Gasteiger partial charge in [-0.2, -0.15) is 0 Å². The molecule has 19 heavy (non-hydrogen) atoms. The number of hydrazine groups is 1. The van der Waals surface area contributed by atoms with Gasteiger partial charge in [-0.3, -0.25) is 10.8 Å². The van der Waals surface area contributed by atoms with Gasteiger partial charge >= 0.3 is 0 Å². The van der Waals surface area contributed by atoms with Crippen molar-refractivity contribution in [3.05, 3.63) is 50.4 Å². The largest absolute Gasteiger partial charge is 0.480 e. The number of methoxy groups -OCH3 is 1. The van der Waals surface area contributed by atoms with Gasteiger partial charge in [-0.05, 0) is 40.3 Å². The van der Waals surface area contributed by atoms with Crippen LogP contribution in [0.4, 0.5) is 0 Å². The van der Waals surface area contributed by atoms with Gasteiger partial charge in [0, 0.05) is 16.0 Å². The van der Waals surface area contributed by atoms with Crippen molar-refractivity contribution in [2.24, 2.45) is 5.84 Å². The van der Waals surface area contributed by atoms with Crippen molar-refractivity contribution in [1.82, 2.24) is 15.4 Å². The molecule has 0 fully saturated rings. The Morgan fingerprint density at radius 1 is 1.37 bits per heavy atom. The van der Waals surface area contributed by atoms with Gasteiger partial charge in [0.25, 0.3) is 0 Å². The molecular weight excluding hydrogens is 379 g/mol. The summed E-state index contributed by atoms with van der Waals surface area (Å²) in [5.74, 6) is 6.06. The van der Waals surface area contributed by atoms with Crippen molar-refractivity contribution in [2.75, 3.05) is 7.11 Å². The molecule has 1 aromatic carbocycles. The summed E-state index contributed by atoms with van der Waals surface area (Å²) < 4.78 is 6.18. The molecule has 3 N–H and O–H groups in total. The van der Waals surface area contributed by atoms with E-state index in [4.69, 9.17) is 22.2 Å². The van der Waals surface area contributed by atoms with Crippen LogP contribution in [-0.4, -0.2) is 17.1 Å². The van der Waals surface area contributed by atoms with Crippen LogP contribution in [0.15, 0.2) is 30.6 Å². The first kappa shape index (κ1) is 14.4. The van der Waals surface area contributed by atoms with E-state index in [1.54, 1.807) is 19.5 Å². The number of aromatic nitrogens is 2. The lowest BCUT2D eigenvalue weighted by Crippen LogP contribution is -2.30. The van der Waals surface area contributed by atoms with E-state index < -0.39 is 0 Å². The fraction of sp³-hybridized carbons (Fsp3) is 0.167. The molecule has 0 bridgehead atoms. The Kier molecular flexibility index (Phi) is 4.92. The monoisotopic (exact) mass is 390 g/mol. The van der Waals surface area contributed by atoms with Gasteiger partial charge < -0.3 is 4.74 Å². The quantitative estimate of drug-likeness (QED) is 0.476. The molecule has 2 aromatic rings. The molecule has 2 rings (SSSR count). The Morgan fingerprint density at radius 3 is 2.74 bits per heavy atom. The lowest BCUT2D eigenvalue weighted by molar-refractivity contribution is 0.383. The van der Waals surface area contributed by atoms with Crippen molar-refractivity contribution < 1.29 is 4.74 Å². The first-order valence-corrected chi connectivity index (χ1v) is 6.89. The molecule has 0 aliphatic heterocycles. The van der Waals surface area contributed by atoms with Crippen LogP contribution in [0.5, 0.6) is 5.88 Å². The maximum Gasteiger partial charge on any atom is 0.237 e. The zero-order valence-electron chi connectivity index (χ0n) is 10.1. The van der Waals surface area contributed by atoms with Crippen LogP contribution in [0.3, 0.4) is 0 Å². The average Bonchev–Trinajstić information content (AvgIpc) is 2.44. The van der Waals surface area contributed by atoms with Crippen LogP contribution in [0.25, 0.3) is 0 Å². The Labute approximate surface area is 129 Å². The van der Waals surface area contributed by atoms with Crippen molar-refractivity contribution in [3.8, 4) is 5.88 Å². The van der Waals surface area contributed by atoms with E-state index in [9.17, 15) is 0 Å². The highest BCUT2D eigenvalue weighted by Crippen LogP contribution is 2.29. The third-order valence-corrected chi connectivity index (χ3v) is 4.17. The van der Waals surface area contributed by atoms with Gasteiger partial charge in [0.05, 0.1) is 18.2 Å². The van der Waals surface area contributed by atoms with E-state index in [-0.39, 0.29) is 6.04 Å². The smallest absolute Gasteiger partial charge is 0.237 e. The molecule has 1 heterocycles. The zero-order valence-corrected chi connectivity index (χ0v) is 13.0. The van der Waals surface area contributed by atoms with E-state index in [1.165, 1.54) is 0 Å². The van der Waals surface area contributed by atoms with E-state index in [1.807, 2.05) is 18.2 Å². The molecule has 7 heteroatoms. The number of nitrogens with one attached hydrogen (secondary N) is 1. The van der Waals surface area contributed by atoms with Crippen LogP contribution in [0.1, 0.15) is 17.3 Å².